The summed E-state index contributed by atoms with van der Waals surface area (Å²) < 4.78 is 37.2. The van der Waals surface area contributed by atoms with Gasteiger partial charge in [-0.25, -0.2) is 0 Å². The molecule has 0 radical (unpaired) electrons. The largest absolute Gasteiger partial charge is 0.480 e. The number of carboxylic acids is 1. The summed E-state index contributed by atoms with van der Waals surface area (Å²) in [4.78, 5) is 11.1. The van der Waals surface area contributed by atoms with Gasteiger partial charge < -0.3 is 10.4 Å². The Morgan fingerprint density at radius 3 is 2.16 bits per heavy atom. The molecule has 0 saturated heterocycles. The van der Waals surface area contributed by atoms with Crippen LogP contribution in [0, 0.1) is 5.92 Å². The smallest absolute Gasteiger partial charge is 0.416 e. The summed E-state index contributed by atoms with van der Waals surface area (Å²) >= 11 is 0. The molecule has 0 aliphatic heterocycles. The molecule has 0 fully saturated rings. The number of carboxylic acid groups (broad SMARTS) is 1. The monoisotopic (exact) mass is 275 g/mol. The number of halogens is 3. The first-order chi connectivity index (χ1) is 8.71. The first-order valence-corrected chi connectivity index (χ1v) is 5.85. The average molecular weight is 275 g/mol. The van der Waals surface area contributed by atoms with E-state index in [0.29, 0.717) is 12.1 Å². The fourth-order valence-electron chi connectivity index (χ4n) is 1.57. The highest BCUT2D eigenvalue weighted by molar-refractivity contribution is 5.75. The lowest BCUT2D eigenvalue weighted by molar-refractivity contribution is -0.139. The lowest BCUT2D eigenvalue weighted by Gasteiger charge is -2.17. The van der Waals surface area contributed by atoms with Crippen molar-refractivity contribution in [2.24, 2.45) is 5.92 Å². The van der Waals surface area contributed by atoms with Crippen LogP contribution in [-0.4, -0.2) is 17.6 Å². The highest BCUT2D eigenvalue weighted by Gasteiger charge is 2.30. The van der Waals surface area contributed by atoms with Crippen molar-refractivity contribution < 1.29 is 23.1 Å². The standard InChI is InChI=1S/C13H16F3NO2/c1-8(2)7-17-11(12(18)19)9-3-5-10(6-4-9)13(14,15)16/h3-6,8,11,17H,7H2,1-2H3,(H,18,19). The molecule has 106 valence electrons. The van der Waals surface area contributed by atoms with Crippen LogP contribution < -0.4 is 5.32 Å². The van der Waals surface area contributed by atoms with E-state index < -0.39 is 23.8 Å². The maximum atomic E-state index is 12.4. The molecule has 0 amide bonds. The van der Waals surface area contributed by atoms with Gasteiger partial charge in [-0.3, -0.25) is 4.79 Å². The van der Waals surface area contributed by atoms with Crippen LogP contribution in [0.15, 0.2) is 24.3 Å². The van der Waals surface area contributed by atoms with Crippen molar-refractivity contribution in [2.45, 2.75) is 26.1 Å². The van der Waals surface area contributed by atoms with Gasteiger partial charge in [-0.2, -0.15) is 13.2 Å². The second-order valence-electron chi connectivity index (χ2n) is 4.69. The van der Waals surface area contributed by atoms with E-state index in [1.54, 1.807) is 0 Å². The molecule has 0 aromatic heterocycles. The number of benzene rings is 1. The molecule has 3 nitrogen and oxygen atoms in total. The highest BCUT2D eigenvalue weighted by atomic mass is 19.4. The quantitative estimate of drug-likeness (QED) is 0.868. The molecule has 1 aromatic carbocycles. The first kappa shape index (κ1) is 15.5. The number of rotatable bonds is 5. The SMILES string of the molecule is CC(C)CNC(C(=O)O)c1ccc(C(F)(F)F)cc1. The fraction of sp³-hybridized carbons (Fsp3) is 0.462. The van der Waals surface area contributed by atoms with Gasteiger partial charge in [0.2, 0.25) is 0 Å². The van der Waals surface area contributed by atoms with Crippen molar-refractivity contribution in [3.05, 3.63) is 35.4 Å². The average Bonchev–Trinajstić information content (AvgIpc) is 2.27. The zero-order valence-corrected chi connectivity index (χ0v) is 10.7. The number of hydrogen-bond donors (Lipinski definition) is 2. The normalized spacial score (nSPS) is 13.6. The topological polar surface area (TPSA) is 49.3 Å². The van der Waals surface area contributed by atoms with E-state index in [2.05, 4.69) is 5.32 Å². The summed E-state index contributed by atoms with van der Waals surface area (Å²) in [6.45, 7) is 4.30. The summed E-state index contributed by atoms with van der Waals surface area (Å²) in [5.41, 5.74) is -0.481. The van der Waals surface area contributed by atoms with Gasteiger partial charge in [0.1, 0.15) is 6.04 Å². The molecule has 6 heteroatoms. The van der Waals surface area contributed by atoms with Crippen molar-refractivity contribution >= 4 is 5.97 Å². The minimum absolute atomic E-state index is 0.247. The molecular formula is C13H16F3NO2. The van der Waals surface area contributed by atoms with Crippen molar-refractivity contribution in [1.29, 1.82) is 0 Å². The van der Waals surface area contributed by atoms with Crippen molar-refractivity contribution in [2.75, 3.05) is 6.54 Å². The molecule has 0 aliphatic carbocycles. The molecule has 0 bridgehead atoms. The molecule has 1 atom stereocenters. The Bertz CT molecular complexity index is 427. The molecule has 2 N–H and O–H groups in total. The number of carbonyl (C=O) groups is 1. The number of aliphatic carboxylic acids is 1. The Balaban J connectivity index is 2.89. The molecule has 0 heterocycles. The fourth-order valence-corrected chi connectivity index (χ4v) is 1.57. The summed E-state index contributed by atoms with van der Waals surface area (Å²) in [7, 11) is 0. The van der Waals surface area contributed by atoms with Crippen LogP contribution in [0.3, 0.4) is 0 Å². The molecule has 19 heavy (non-hydrogen) atoms. The zero-order valence-electron chi connectivity index (χ0n) is 10.7. The predicted molar refractivity (Wildman–Crippen MR) is 64.7 cm³/mol. The first-order valence-electron chi connectivity index (χ1n) is 5.85. The second kappa shape index (κ2) is 6.06. The molecular weight excluding hydrogens is 259 g/mol. The van der Waals surface area contributed by atoms with E-state index in [4.69, 9.17) is 5.11 Å². The zero-order chi connectivity index (χ0) is 14.6. The van der Waals surface area contributed by atoms with E-state index >= 15 is 0 Å². The number of nitrogens with one attached hydrogen (secondary N) is 1. The van der Waals surface area contributed by atoms with Crippen LogP contribution in [0.25, 0.3) is 0 Å². The van der Waals surface area contributed by atoms with E-state index in [0.717, 1.165) is 12.1 Å². The van der Waals surface area contributed by atoms with E-state index in [1.807, 2.05) is 13.8 Å². The summed E-state index contributed by atoms with van der Waals surface area (Å²) in [5.74, 6) is -0.864. The van der Waals surface area contributed by atoms with Crippen LogP contribution >= 0.6 is 0 Å². The summed E-state index contributed by atoms with van der Waals surface area (Å²) in [6.07, 6.45) is -4.41. The van der Waals surface area contributed by atoms with Crippen LogP contribution in [0.5, 0.6) is 0 Å². The maximum Gasteiger partial charge on any atom is 0.416 e. The van der Waals surface area contributed by atoms with E-state index in [9.17, 15) is 18.0 Å². The minimum Gasteiger partial charge on any atom is -0.480 e. The summed E-state index contributed by atoms with van der Waals surface area (Å²) in [5, 5.41) is 11.9. The van der Waals surface area contributed by atoms with Gasteiger partial charge in [-0.15, -0.1) is 0 Å². The minimum atomic E-state index is -4.41. The third-order valence-corrected chi connectivity index (χ3v) is 2.55. The van der Waals surface area contributed by atoms with Gasteiger partial charge in [0.25, 0.3) is 0 Å². The van der Waals surface area contributed by atoms with Crippen molar-refractivity contribution in [1.82, 2.24) is 5.32 Å². The Hall–Kier alpha value is -1.56. The number of hydrogen-bond acceptors (Lipinski definition) is 2. The van der Waals surface area contributed by atoms with Gasteiger partial charge in [-0.1, -0.05) is 26.0 Å². The molecule has 1 rings (SSSR count). The lowest BCUT2D eigenvalue weighted by atomic mass is 10.0. The predicted octanol–water partition coefficient (Wildman–Crippen LogP) is 3.08. The Morgan fingerprint density at radius 1 is 1.26 bits per heavy atom. The maximum absolute atomic E-state index is 12.4. The Morgan fingerprint density at radius 2 is 1.79 bits per heavy atom. The van der Waals surface area contributed by atoms with Gasteiger partial charge in [0.05, 0.1) is 5.56 Å². The van der Waals surface area contributed by atoms with Crippen molar-refractivity contribution in [3.63, 3.8) is 0 Å². The molecule has 0 aliphatic rings. The van der Waals surface area contributed by atoms with E-state index in [-0.39, 0.29) is 5.92 Å². The van der Waals surface area contributed by atoms with Crippen LogP contribution in [0.1, 0.15) is 31.0 Å². The third-order valence-electron chi connectivity index (χ3n) is 2.55. The molecule has 1 unspecified atom stereocenters. The molecule has 0 saturated carbocycles. The van der Waals surface area contributed by atoms with Crippen molar-refractivity contribution in [3.8, 4) is 0 Å². The van der Waals surface area contributed by atoms with Crippen LogP contribution in [0.4, 0.5) is 13.2 Å². The third kappa shape index (κ3) is 4.55. The lowest BCUT2D eigenvalue weighted by Crippen LogP contribution is -2.31. The second-order valence-corrected chi connectivity index (χ2v) is 4.69. The van der Waals surface area contributed by atoms with E-state index in [1.165, 1.54) is 12.1 Å². The summed E-state index contributed by atoms with van der Waals surface area (Å²) in [6, 6.07) is 3.17. The van der Waals surface area contributed by atoms with Crippen LogP contribution in [0.2, 0.25) is 0 Å². The molecule has 1 aromatic rings. The van der Waals surface area contributed by atoms with Gasteiger partial charge in [0, 0.05) is 0 Å². The van der Waals surface area contributed by atoms with Gasteiger partial charge in [-0.05, 0) is 30.2 Å². The highest BCUT2D eigenvalue weighted by Crippen LogP contribution is 2.29. The molecule has 0 spiro atoms. The number of alkyl halides is 3. The Labute approximate surface area is 109 Å². The van der Waals surface area contributed by atoms with Gasteiger partial charge >= 0.3 is 12.1 Å². The van der Waals surface area contributed by atoms with Crippen LogP contribution in [-0.2, 0) is 11.0 Å². The Kier molecular flexibility index (Phi) is 4.94. The van der Waals surface area contributed by atoms with Gasteiger partial charge in [0.15, 0.2) is 0 Å².